The van der Waals surface area contributed by atoms with Crippen molar-refractivity contribution in [3.63, 3.8) is 0 Å². The fraction of sp³-hybridized carbons (Fsp3) is 0.214. The Morgan fingerprint density at radius 1 is 1.33 bits per heavy atom. The third kappa shape index (κ3) is 1.86. The van der Waals surface area contributed by atoms with Gasteiger partial charge >= 0.3 is 0 Å². The van der Waals surface area contributed by atoms with Gasteiger partial charge in [-0.1, -0.05) is 19.1 Å². The predicted octanol–water partition coefficient (Wildman–Crippen LogP) is 3.72. The highest BCUT2D eigenvalue weighted by Crippen LogP contribution is 2.27. The first-order chi connectivity index (χ1) is 8.88. The summed E-state index contributed by atoms with van der Waals surface area (Å²) in [7, 11) is 0. The summed E-state index contributed by atoms with van der Waals surface area (Å²) in [6.07, 6.45) is 4.49. The molecule has 0 fully saturated rings. The van der Waals surface area contributed by atoms with E-state index in [2.05, 4.69) is 22.4 Å². The molecule has 0 saturated heterocycles. The smallest absolute Gasteiger partial charge is 0.125 e. The zero-order chi connectivity index (χ0) is 12.4. The van der Waals surface area contributed by atoms with Crippen molar-refractivity contribution in [3.05, 3.63) is 48.6 Å². The molecule has 4 nitrogen and oxygen atoms in total. The average Bonchev–Trinajstić information content (AvgIpc) is 3.06. The van der Waals surface area contributed by atoms with Crippen LogP contribution in [-0.4, -0.2) is 10.2 Å². The molecule has 2 aromatic heterocycles. The molecule has 0 aliphatic heterocycles. The summed E-state index contributed by atoms with van der Waals surface area (Å²) in [6, 6.07) is 10.2. The minimum atomic E-state index is 0.175. The summed E-state index contributed by atoms with van der Waals surface area (Å²) in [4.78, 5) is 0. The van der Waals surface area contributed by atoms with Gasteiger partial charge in [-0.05, 0) is 24.6 Å². The minimum Gasteiger partial charge on any atom is -0.467 e. The average molecular weight is 241 g/mol. The molecule has 0 amide bonds. The van der Waals surface area contributed by atoms with E-state index in [1.807, 2.05) is 36.5 Å². The number of anilines is 1. The standard InChI is InChI=1S/C14H15N3O/c1-2-11(13-7-4-8-18-13)16-12-6-3-5-10-9-15-17-14(10)12/h3-9,11,16H,2H2,1H3,(H,15,17). The molecule has 18 heavy (non-hydrogen) atoms. The highest BCUT2D eigenvalue weighted by atomic mass is 16.3. The van der Waals surface area contributed by atoms with Gasteiger partial charge in [0.1, 0.15) is 5.76 Å². The van der Waals surface area contributed by atoms with Crippen LogP contribution in [-0.2, 0) is 0 Å². The number of furan rings is 1. The highest BCUT2D eigenvalue weighted by molar-refractivity contribution is 5.90. The number of H-pyrrole nitrogens is 1. The second-order valence-corrected chi connectivity index (χ2v) is 4.26. The molecule has 0 bridgehead atoms. The van der Waals surface area contributed by atoms with E-state index in [-0.39, 0.29) is 6.04 Å². The van der Waals surface area contributed by atoms with E-state index in [0.29, 0.717) is 0 Å². The Labute approximate surface area is 105 Å². The summed E-state index contributed by atoms with van der Waals surface area (Å²) in [6.45, 7) is 2.13. The molecule has 0 saturated carbocycles. The van der Waals surface area contributed by atoms with E-state index in [4.69, 9.17) is 4.42 Å². The second-order valence-electron chi connectivity index (χ2n) is 4.26. The van der Waals surface area contributed by atoms with Crippen LogP contribution in [0, 0.1) is 0 Å². The molecule has 1 aromatic carbocycles. The van der Waals surface area contributed by atoms with Gasteiger partial charge in [-0.3, -0.25) is 5.10 Å². The normalized spacial score (nSPS) is 12.7. The van der Waals surface area contributed by atoms with Crippen LogP contribution in [0.25, 0.3) is 10.9 Å². The molecule has 4 heteroatoms. The van der Waals surface area contributed by atoms with E-state index in [1.165, 1.54) is 0 Å². The van der Waals surface area contributed by atoms with Crippen molar-refractivity contribution in [1.29, 1.82) is 0 Å². The lowest BCUT2D eigenvalue weighted by molar-refractivity contribution is 0.474. The van der Waals surface area contributed by atoms with Crippen molar-refractivity contribution >= 4 is 16.6 Å². The van der Waals surface area contributed by atoms with E-state index in [9.17, 15) is 0 Å². The number of para-hydroxylation sites is 1. The van der Waals surface area contributed by atoms with Crippen LogP contribution in [0.1, 0.15) is 25.1 Å². The molecule has 1 atom stereocenters. The third-order valence-electron chi connectivity index (χ3n) is 3.10. The number of aromatic nitrogens is 2. The predicted molar refractivity (Wildman–Crippen MR) is 71.5 cm³/mol. The van der Waals surface area contributed by atoms with Crippen molar-refractivity contribution in [2.24, 2.45) is 0 Å². The number of rotatable bonds is 4. The molecule has 0 radical (unpaired) electrons. The summed E-state index contributed by atoms with van der Waals surface area (Å²) >= 11 is 0. The van der Waals surface area contributed by atoms with Crippen LogP contribution in [0.2, 0.25) is 0 Å². The zero-order valence-electron chi connectivity index (χ0n) is 10.2. The summed E-state index contributed by atoms with van der Waals surface area (Å²) < 4.78 is 5.46. The van der Waals surface area contributed by atoms with Gasteiger partial charge < -0.3 is 9.73 Å². The van der Waals surface area contributed by atoms with Crippen molar-refractivity contribution < 1.29 is 4.42 Å². The number of hydrogen-bond acceptors (Lipinski definition) is 3. The Bertz CT molecular complexity index is 627. The van der Waals surface area contributed by atoms with Gasteiger partial charge in [0.15, 0.2) is 0 Å². The van der Waals surface area contributed by atoms with Gasteiger partial charge in [0.2, 0.25) is 0 Å². The number of benzene rings is 1. The molecule has 92 valence electrons. The lowest BCUT2D eigenvalue weighted by Gasteiger charge is -2.16. The quantitative estimate of drug-likeness (QED) is 0.732. The van der Waals surface area contributed by atoms with Crippen LogP contribution in [0.15, 0.2) is 47.2 Å². The van der Waals surface area contributed by atoms with E-state index in [1.54, 1.807) is 6.26 Å². The van der Waals surface area contributed by atoms with Crippen molar-refractivity contribution in [2.45, 2.75) is 19.4 Å². The van der Waals surface area contributed by atoms with Crippen molar-refractivity contribution in [3.8, 4) is 0 Å². The van der Waals surface area contributed by atoms with Gasteiger partial charge in [0.05, 0.1) is 29.7 Å². The van der Waals surface area contributed by atoms with E-state index < -0.39 is 0 Å². The monoisotopic (exact) mass is 241 g/mol. The number of aromatic amines is 1. The lowest BCUT2D eigenvalue weighted by atomic mass is 10.1. The number of fused-ring (bicyclic) bond motifs is 1. The second kappa shape index (κ2) is 4.56. The highest BCUT2D eigenvalue weighted by Gasteiger charge is 2.13. The van der Waals surface area contributed by atoms with Gasteiger partial charge in [-0.2, -0.15) is 5.10 Å². The molecule has 2 heterocycles. The summed E-state index contributed by atoms with van der Waals surface area (Å²) in [5, 5.41) is 11.7. The summed E-state index contributed by atoms with van der Waals surface area (Å²) in [5.41, 5.74) is 2.08. The van der Waals surface area contributed by atoms with Gasteiger partial charge in [0, 0.05) is 5.39 Å². The zero-order valence-corrected chi connectivity index (χ0v) is 10.2. The Kier molecular flexibility index (Phi) is 2.76. The number of nitrogens with one attached hydrogen (secondary N) is 2. The Morgan fingerprint density at radius 3 is 3.06 bits per heavy atom. The Balaban J connectivity index is 1.93. The largest absolute Gasteiger partial charge is 0.467 e. The van der Waals surface area contributed by atoms with Crippen molar-refractivity contribution in [2.75, 3.05) is 5.32 Å². The molecule has 1 unspecified atom stereocenters. The minimum absolute atomic E-state index is 0.175. The third-order valence-corrected chi connectivity index (χ3v) is 3.10. The first-order valence-electron chi connectivity index (χ1n) is 6.10. The molecule has 0 aliphatic carbocycles. The maximum absolute atomic E-state index is 5.46. The topological polar surface area (TPSA) is 53.9 Å². The van der Waals surface area contributed by atoms with Gasteiger partial charge in [-0.15, -0.1) is 0 Å². The van der Waals surface area contributed by atoms with Crippen LogP contribution in [0.5, 0.6) is 0 Å². The van der Waals surface area contributed by atoms with Crippen molar-refractivity contribution in [1.82, 2.24) is 10.2 Å². The number of hydrogen-bond donors (Lipinski definition) is 2. The van der Waals surface area contributed by atoms with Crippen LogP contribution < -0.4 is 5.32 Å². The molecule has 3 rings (SSSR count). The molecular formula is C14H15N3O. The maximum atomic E-state index is 5.46. The SMILES string of the molecule is CCC(Nc1cccc2cn[nH]c12)c1ccco1. The molecular weight excluding hydrogens is 226 g/mol. The Hall–Kier alpha value is -2.23. The van der Waals surface area contributed by atoms with Gasteiger partial charge in [-0.25, -0.2) is 0 Å². The van der Waals surface area contributed by atoms with E-state index in [0.717, 1.165) is 28.8 Å². The fourth-order valence-corrected chi connectivity index (χ4v) is 2.14. The van der Waals surface area contributed by atoms with Crippen LogP contribution in [0.4, 0.5) is 5.69 Å². The Morgan fingerprint density at radius 2 is 2.28 bits per heavy atom. The van der Waals surface area contributed by atoms with Gasteiger partial charge in [0.25, 0.3) is 0 Å². The van der Waals surface area contributed by atoms with E-state index >= 15 is 0 Å². The lowest BCUT2D eigenvalue weighted by Crippen LogP contribution is -2.09. The van der Waals surface area contributed by atoms with Crippen LogP contribution >= 0.6 is 0 Å². The van der Waals surface area contributed by atoms with Crippen LogP contribution in [0.3, 0.4) is 0 Å². The molecule has 0 aliphatic rings. The first-order valence-corrected chi connectivity index (χ1v) is 6.10. The summed E-state index contributed by atoms with van der Waals surface area (Å²) in [5.74, 6) is 0.953. The molecule has 0 spiro atoms. The first kappa shape index (κ1) is 10.9. The molecule has 2 N–H and O–H groups in total. The molecule has 3 aromatic rings. The number of nitrogens with zero attached hydrogens (tertiary/aromatic N) is 1. The maximum Gasteiger partial charge on any atom is 0.125 e. The fourth-order valence-electron chi connectivity index (χ4n) is 2.14.